The highest BCUT2D eigenvalue weighted by Crippen LogP contribution is 2.46. The van der Waals surface area contributed by atoms with Crippen molar-refractivity contribution in [1.29, 1.82) is 0 Å². The minimum absolute atomic E-state index is 0. The molecule has 10 heteroatoms. The van der Waals surface area contributed by atoms with Gasteiger partial charge < -0.3 is 23.9 Å². The average Bonchev–Trinajstić information content (AvgIpc) is 3.45. The molecule has 7 nitrogen and oxygen atoms in total. The highest BCUT2D eigenvalue weighted by atomic mass is 35.5. The van der Waals surface area contributed by atoms with Crippen LogP contribution in [-0.2, 0) is 28.9 Å². The first kappa shape index (κ1) is 34.1. The lowest BCUT2D eigenvalue weighted by Gasteiger charge is -2.42. The number of fused-ring (bicyclic) bond motifs is 3. The van der Waals surface area contributed by atoms with Crippen molar-refractivity contribution in [1.82, 2.24) is 14.5 Å². The molecule has 0 saturated carbocycles. The van der Waals surface area contributed by atoms with E-state index >= 15 is 0 Å². The van der Waals surface area contributed by atoms with E-state index in [2.05, 4.69) is 67.9 Å². The van der Waals surface area contributed by atoms with Crippen LogP contribution in [0.1, 0.15) is 64.6 Å². The van der Waals surface area contributed by atoms with E-state index in [1.807, 2.05) is 24.3 Å². The molecule has 0 aliphatic carbocycles. The second-order valence-electron chi connectivity index (χ2n) is 11.6. The highest BCUT2D eigenvalue weighted by Gasteiger charge is 2.58. The molecular formula is C34H44BCl2N3O4. The lowest BCUT2D eigenvalue weighted by atomic mass is 9.75. The number of pyridine rings is 1. The Morgan fingerprint density at radius 1 is 0.864 bits per heavy atom. The molecule has 44 heavy (non-hydrogen) atoms. The third-order valence-electron chi connectivity index (χ3n) is 9.65. The van der Waals surface area contributed by atoms with E-state index in [0.29, 0.717) is 12.4 Å². The molecule has 1 saturated heterocycles. The summed E-state index contributed by atoms with van der Waals surface area (Å²) < 4.78 is 23.3. The average molecular weight is 640 g/mol. The van der Waals surface area contributed by atoms with Crippen LogP contribution in [0, 0.1) is 0 Å². The van der Waals surface area contributed by atoms with Crippen LogP contribution < -0.4 is 21.1 Å². The Kier molecular flexibility index (Phi) is 11.0. The zero-order valence-electron chi connectivity index (χ0n) is 26.1. The highest BCUT2D eigenvalue weighted by molar-refractivity contribution is 6.62. The van der Waals surface area contributed by atoms with Crippen LogP contribution in [0.3, 0.4) is 0 Å². The quantitative estimate of drug-likeness (QED) is 0.220. The van der Waals surface area contributed by atoms with E-state index in [1.165, 1.54) is 16.6 Å². The Bertz CT molecular complexity index is 1590. The maximum Gasteiger partial charge on any atom is 0.494 e. The first-order valence-electron chi connectivity index (χ1n) is 15.6. The fourth-order valence-electron chi connectivity index (χ4n) is 7.08. The van der Waals surface area contributed by atoms with Gasteiger partial charge in [-0.05, 0) is 67.0 Å². The summed E-state index contributed by atoms with van der Waals surface area (Å²) in [7, 11) is -0.370. The topological polar surface area (TPSA) is 66.7 Å². The maximum absolute atomic E-state index is 13.1. The number of hydrogen-bond acceptors (Lipinski definition) is 5. The van der Waals surface area contributed by atoms with Crippen molar-refractivity contribution in [2.24, 2.45) is 0 Å². The van der Waals surface area contributed by atoms with E-state index in [0.717, 1.165) is 68.5 Å². The summed E-state index contributed by atoms with van der Waals surface area (Å²) >= 11 is 0. The van der Waals surface area contributed by atoms with Crippen LogP contribution in [0.2, 0.25) is 0 Å². The molecule has 1 fully saturated rings. The van der Waals surface area contributed by atoms with Gasteiger partial charge in [0.25, 0.3) is 5.56 Å². The fourth-order valence-corrected chi connectivity index (χ4v) is 7.08. The molecule has 0 unspecified atom stereocenters. The van der Waals surface area contributed by atoms with Crippen molar-refractivity contribution < 1.29 is 14.0 Å². The van der Waals surface area contributed by atoms with Crippen molar-refractivity contribution in [2.75, 3.05) is 13.1 Å². The third kappa shape index (κ3) is 6.07. The molecule has 0 amide bonds. The van der Waals surface area contributed by atoms with Crippen LogP contribution in [0.15, 0.2) is 71.7 Å². The Hall–Kier alpha value is -2.75. The molecule has 2 aliphatic rings. The minimum Gasteiger partial charge on any atom is -0.489 e. The summed E-state index contributed by atoms with van der Waals surface area (Å²) in [4.78, 5) is 13.1. The number of aromatic nitrogens is 2. The van der Waals surface area contributed by atoms with Crippen LogP contribution in [-0.4, -0.2) is 40.5 Å². The molecule has 6 rings (SSSR count). The van der Waals surface area contributed by atoms with Gasteiger partial charge in [0.1, 0.15) is 12.4 Å². The number of nitrogens with one attached hydrogen (secondary N) is 1. The molecule has 4 heterocycles. The van der Waals surface area contributed by atoms with Gasteiger partial charge in [-0.25, -0.2) is 0 Å². The summed E-state index contributed by atoms with van der Waals surface area (Å²) in [6, 6.07) is 20.1. The molecule has 0 spiro atoms. The van der Waals surface area contributed by atoms with Crippen molar-refractivity contribution in [2.45, 2.75) is 84.2 Å². The second-order valence-corrected chi connectivity index (χ2v) is 11.6. The third-order valence-corrected chi connectivity index (χ3v) is 9.65. The predicted octanol–water partition coefficient (Wildman–Crippen LogP) is 6.22. The minimum atomic E-state index is -0.370. The Balaban J connectivity index is 0.00000221. The first-order chi connectivity index (χ1) is 20.4. The van der Waals surface area contributed by atoms with Crippen molar-refractivity contribution in [3.8, 4) is 11.4 Å². The zero-order chi connectivity index (χ0) is 29.3. The molecule has 0 bridgehead atoms. The lowest BCUT2D eigenvalue weighted by Crippen LogP contribution is -2.50. The van der Waals surface area contributed by atoms with Gasteiger partial charge in [-0.15, -0.1) is 24.8 Å². The Morgan fingerprint density at radius 3 is 2.18 bits per heavy atom. The molecule has 0 atom stereocenters. The van der Waals surface area contributed by atoms with Gasteiger partial charge in [0.2, 0.25) is 0 Å². The smallest absolute Gasteiger partial charge is 0.489 e. The van der Waals surface area contributed by atoms with E-state index in [4.69, 9.17) is 14.0 Å². The number of hydrogen-bond donors (Lipinski definition) is 1. The molecule has 236 valence electrons. The van der Waals surface area contributed by atoms with E-state index in [9.17, 15) is 4.79 Å². The fraction of sp³-hybridized carbons (Fsp3) is 0.441. The van der Waals surface area contributed by atoms with Gasteiger partial charge >= 0.3 is 7.12 Å². The van der Waals surface area contributed by atoms with Gasteiger partial charge in [0.15, 0.2) is 0 Å². The lowest BCUT2D eigenvalue weighted by molar-refractivity contribution is -0.0601. The molecule has 0 radical (unpaired) electrons. The van der Waals surface area contributed by atoms with Crippen LogP contribution in [0.4, 0.5) is 0 Å². The van der Waals surface area contributed by atoms with Crippen LogP contribution in [0.25, 0.3) is 16.6 Å². The first-order valence-corrected chi connectivity index (χ1v) is 15.6. The molecular weight excluding hydrogens is 596 g/mol. The molecule has 2 aromatic carbocycles. The Morgan fingerprint density at radius 2 is 1.55 bits per heavy atom. The van der Waals surface area contributed by atoms with Gasteiger partial charge in [0, 0.05) is 60.6 Å². The monoisotopic (exact) mass is 639 g/mol. The van der Waals surface area contributed by atoms with Crippen molar-refractivity contribution >= 4 is 48.3 Å². The van der Waals surface area contributed by atoms with Gasteiger partial charge in [-0.1, -0.05) is 52.0 Å². The normalized spacial score (nSPS) is 17.0. The SMILES string of the molecule is CCC1(CC)OB(c2ccc(COc3ccn(-c4ccc5c(c4)cc4n5CCNCC4)c(=O)c3)cc2)OC1(CC)CC.Cl.Cl. The van der Waals surface area contributed by atoms with Crippen LogP contribution in [0.5, 0.6) is 5.75 Å². The van der Waals surface area contributed by atoms with Gasteiger partial charge in [0.05, 0.1) is 11.2 Å². The van der Waals surface area contributed by atoms with Crippen LogP contribution >= 0.6 is 24.8 Å². The number of nitrogens with zero attached hydrogens (tertiary/aromatic N) is 2. The summed E-state index contributed by atoms with van der Waals surface area (Å²) in [6.45, 7) is 12.1. The second kappa shape index (κ2) is 14.1. The summed E-state index contributed by atoms with van der Waals surface area (Å²) in [5, 5.41) is 4.62. The molecule has 2 aliphatic heterocycles. The number of halogens is 2. The number of ether oxygens (including phenoxy) is 1. The largest absolute Gasteiger partial charge is 0.494 e. The molecule has 4 aromatic rings. The van der Waals surface area contributed by atoms with E-state index < -0.39 is 0 Å². The summed E-state index contributed by atoms with van der Waals surface area (Å²) in [5.74, 6) is 0.554. The number of benzene rings is 2. The zero-order valence-corrected chi connectivity index (χ0v) is 27.8. The number of rotatable bonds is 9. The van der Waals surface area contributed by atoms with Gasteiger partial charge in [-0.3, -0.25) is 9.36 Å². The summed E-state index contributed by atoms with van der Waals surface area (Å²) in [6.07, 6.45) is 6.50. The summed E-state index contributed by atoms with van der Waals surface area (Å²) in [5.41, 5.74) is 4.79. The van der Waals surface area contributed by atoms with E-state index in [1.54, 1.807) is 16.8 Å². The van der Waals surface area contributed by atoms with Gasteiger partial charge in [-0.2, -0.15) is 0 Å². The standard InChI is InChI=1S/C34H42BN3O4.2ClH/c1-5-33(6-2)34(7-3,8-4)42-35(41-33)27-11-9-25(10-12-27)24-40-30-16-19-38(32(39)23-30)28-13-14-31-26(21-28)22-29-15-17-36-18-20-37(29)31;;/h9-14,16,19,21-23,36H,5-8,15,17-18,20,24H2,1-4H3;2*1H. The predicted molar refractivity (Wildman–Crippen MR) is 184 cm³/mol. The van der Waals surface area contributed by atoms with Crippen molar-refractivity contribution in [3.63, 3.8) is 0 Å². The van der Waals surface area contributed by atoms with E-state index in [-0.39, 0.29) is 48.7 Å². The maximum atomic E-state index is 13.1. The molecule has 1 N–H and O–H groups in total. The Labute approximate surface area is 273 Å². The molecule has 2 aromatic heterocycles. The van der Waals surface area contributed by atoms with Crippen molar-refractivity contribution in [3.05, 3.63) is 88.5 Å².